The quantitative estimate of drug-likeness (QED) is 0.578. The van der Waals surface area contributed by atoms with Crippen LogP contribution in [0.5, 0.6) is 0 Å². The third-order valence-electron chi connectivity index (χ3n) is 5.02. The molecule has 1 aliphatic rings. The van der Waals surface area contributed by atoms with Crippen molar-refractivity contribution in [2.45, 2.75) is 25.4 Å². The Bertz CT molecular complexity index is 1080. The summed E-state index contributed by atoms with van der Waals surface area (Å²) >= 11 is 12.1. The maximum atomic E-state index is 13.2. The highest BCUT2D eigenvalue weighted by molar-refractivity contribution is 6.33. The van der Waals surface area contributed by atoms with Gasteiger partial charge >= 0.3 is 6.03 Å². The molecule has 2 aromatic carbocycles. The lowest BCUT2D eigenvalue weighted by atomic mass is 9.87. The van der Waals surface area contributed by atoms with Crippen molar-refractivity contribution in [1.82, 2.24) is 15.2 Å². The second-order valence-corrected chi connectivity index (χ2v) is 7.55. The number of urea groups is 1. The van der Waals surface area contributed by atoms with Crippen LogP contribution in [0.25, 0.3) is 11.5 Å². The average Bonchev–Trinajstić information content (AvgIpc) is 3.28. The van der Waals surface area contributed by atoms with E-state index in [2.05, 4.69) is 10.3 Å². The molecular weight excluding hydrogens is 413 g/mol. The van der Waals surface area contributed by atoms with Gasteiger partial charge in [-0.3, -0.25) is 9.69 Å². The summed E-state index contributed by atoms with van der Waals surface area (Å²) in [5.41, 5.74) is 0.645. The third kappa shape index (κ3) is 3.39. The van der Waals surface area contributed by atoms with E-state index in [0.717, 1.165) is 4.90 Å². The van der Waals surface area contributed by atoms with Crippen LogP contribution in [0.4, 0.5) is 4.79 Å². The molecule has 3 amide bonds. The number of hydrogen-bond donors (Lipinski definition) is 1. The predicted octanol–water partition coefficient (Wildman–Crippen LogP) is 5.01. The maximum absolute atomic E-state index is 13.2. The van der Waals surface area contributed by atoms with Crippen molar-refractivity contribution in [3.8, 4) is 11.5 Å². The number of benzene rings is 2. The normalized spacial score (nSPS) is 18.9. The van der Waals surface area contributed by atoms with Crippen LogP contribution in [0.3, 0.4) is 0 Å². The number of oxazole rings is 1. The molecule has 6 nitrogen and oxygen atoms in total. The molecule has 1 N–H and O–H groups in total. The number of carbonyl (C=O) groups is 2. The zero-order chi connectivity index (χ0) is 20.6. The minimum Gasteiger partial charge on any atom is -0.444 e. The van der Waals surface area contributed by atoms with Crippen molar-refractivity contribution in [2.24, 2.45) is 0 Å². The van der Waals surface area contributed by atoms with Gasteiger partial charge in [0.05, 0.1) is 22.8 Å². The lowest BCUT2D eigenvalue weighted by Gasteiger charge is -2.25. The van der Waals surface area contributed by atoms with E-state index in [1.54, 1.807) is 36.4 Å². The van der Waals surface area contributed by atoms with Crippen molar-refractivity contribution in [2.75, 3.05) is 0 Å². The van der Waals surface area contributed by atoms with Gasteiger partial charge < -0.3 is 9.73 Å². The van der Waals surface area contributed by atoms with E-state index in [4.69, 9.17) is 27.6 Å². The molecule has 1 aromatic heterocycles. The van der Waals surface area contributed by atoms with Crippen molar-refractivity contribution >= 4 is 35.1 Å². The lowest BCUT2D eigenvalue weighted by Crippen LogP contribution is -2.43. The minimum atomic E-state index is -1.13. The van der Waals surface area contributed by atoms with E-state index >= 15 is 0 Å². The first kappa shape index (κ1) is 19.5. The molecule has 0 radical (unpaired) electrons. The molecular formula is C21H17Cl2N3O3. The fourth-order valence-electron chi connectivity index (χ4n) is 3.44. The summed E-state index contributed by atoms with van der Waals surface area (Å²) in [4.78, 5) is 31.4. The van der Waals surface area contributed by atoms with Gasteiger partial charge in [0.2, 0.25) is 5.89 Å². The van der Waals surface area contributed by atoms with Crippen LogP contribution >= 0.6 is 23.2 Å². The first-order valence-electron chi connectivity index (χ1n) is 9.04. The molecule has 1 fully saturated rings. The largest absolute Gasteiger partial charge is 0.444 e. The predicted molar refractivity (Wildman–Crippen MR) is 109 cm³/mol. The molecule has 0 bridgehead atoms. The van der Waals surface area contributed by atoms with E-state index in [9.17, 15) is 9.59 Å². The number of nitrogens with zero attached hydrogens (tertiary/aromatic N) is 2. The third-order valence-corrected chi connectivity index (χ3v) is 5.60. The number of amides is 3. The summed E-state index contributed by atoms with van der Waals surface area (Å²) in [6.07, 6.45) is 1.83. The second-order valence-electron chi connectivity index (χ2n) is 6.71. The van der Waals surface area contributed by atoms with Crippen LogP contribution < -0.4 is 5.32 Å². The van der Waals surface area contributed by atoms with Gasteiger partial charge in [-0.15, -0.1) is 0 Å². The van der Waals surface area contributed by atoms with Crippen LogP contribution in [0.15, 0.2) is 59.2 Å². The lowest BCUT2D eigenvalue weighted by molar-refractivity contribution is -0.132. The Morgan fingerprint density at radius 1 is 1.10 bits per heavy atom. The van der Waals surface area contributed by atoms with E-state index in [-0.39, 0.29) is 12.5 Å². The van der Waals surface area contributed by atoms with E-state index in [1.807, 2.05) is 19.1 Å². The molecule has 0 aliphatic carbocycles. The summed E-state index contributed by atoms with van der Waals surface area (Å²) in [6.45, 7) is 1.84. The first-order chi connectivity index (χ1) is 13.9. The van der Waals surface area contributed by atoms with Crippen molar-refractivity contribution in [1.29, 1.82) is 0 Å². The highest BCUT2D eigenvalue weighted by Crippen LogP contribution is 2.34. The number of carbonyl (C=O) groups excluding carboxylic acids is 2. The summed E-state index contributed by atoms with van der Waals surface area (Å²) < 4.78 is 5.51. The number of nitrogens with one attached hydrogen (secondary N) is 1. The van der Waals surface area contributed by atoms with E-state index < -0.39 is 11.6 Å². The Balaban J connectivity index is 1.60. The Morgan fingerprint density at radius 3 is 2.52 bits per heavy atom. The second kappa shape index (κ2) is 7.54. The Hall–Kier alpha value is -2.83. The topological polar surface area (TPSA) is 75.4 Å². The highest BCUT2D eigenvalue weighted by atomic mass is 35.5. The number of aromatic nitrogens is 1. The summed E-state index contributed by atoms with van der Waals surface area (Å²) in [5.74, 6) is -0.00766. The molecule has 1 saturated heterocycles. The van der Waals surface area contributed by atoms with Crippen LogP contribution in [-0.2, 0) is 16.9 Å². The average molecular weight is 430 g/mol. The Kier molecular flexibility index (Phi) is 5.06. The molecule has 1 aliphatic heterocycles. The molecule has 2 heterocycles. The van der Waals surface area contributed by atoms with Gasteiger partial charge in [-0.1, -0.05) is 54.4 Å². The van der Waals surface area contributed by atoms with Crippen LogP contribution in [0.2, 0.25) is 10.0 Å². The minimum absolute atomic E-state index is 0.00599. The van der Waals surface area contributed by atoms with Crippen molar-refractivity contribution in [3.05, 3.63) is 76.1 Å². The highest BCUT2D eigenvalue weighted by Gasteiger charge is 2.51. The van der Waals surface area contributed by atoms with Crippen molar-refractivity contribution in [3.63, 3.8) is 0 Å². The molecule has 3 aromatic rings. The summed E-state index contributed by atoms with van der Waals surface area (Å²) in [7, 11) is 0. The van der Waals surface area contributed by atoms with Gasteiger partial charge in [0.25, 0.3) is 5.91 Å². The molecule has 0 spiro atoms. The zero-order valence-electron chi connectivity index (χ0n) is 15.5. The Labute approximate surface area is 177 Å². The fraction of sp³-hybridized carbons (Fsp3) is 0.190. The van der Waals surface area contributed by atoms with Crippen LogP contribution in [0, 0.1) is 0 Å². The van der Waals surface area contributed by atoms with E-state index in [1.165, 1.54) is 6.26 Å². The standard InChI is InChI=1S/C21H17Cl2N3O3/c1-2-21(13-7-9-14(22)10-8-13)19(27)26(20(28)25-21)11-15-12-29-18(24-15)16-5-3-4-6-17(16)23/h3-10,12H,2,11H2,1H3,(H,25,28). The van der Waals surface area contributed by atoms with E-state index in [0.29, 0.717) is 39.2 Å². The molecule has 1 atom stereocenters. The maximum Gasteiger partial charge on any atom is 0.325 e. The smallest absolute Gasteiger partial charge is 0.325 e. The Morgan fingerprint density at radius 2 is 1.83 bits per heavy atom. The zero-order valence-corrected chi connectivity index (χ0v) is 17.0. The summed E-state index contributed by atoms with van der Waals surface area (Å²) in [5, 5.41) is 3.90. The summed E-state index contributed by atoms with van der Waals surface area (Å²) in [6, 6.07) is 13.6. The SMILES string of the molecule is CCC1(c2ccc(Cl)cc2)NC(=O)N(Cc2coc(-c3ccccc3Cl)n2)C1=O. The van der Waals surface area contributed by atoms with Gasteiger partial charge in [0, 0.05) is 5.02 Å². The number of rotatable bonds is 5. The fourth-order valence-corrected chi connectivity index (χ4v) is 3.79. The molecule has 4 rings (SSSR count). The van der Waals surface area contributed by atoms with Crippen molar-refractivity contribution < 1.29 is 14.0 Å². The van der Waals surface area contributed by atoms with Gasteiger partial charge in [0.15, 0.2) is 0 Å². The van der Waals surface area contributed by atoms with Gasteiger partial charge in [-0.05, 0) is 36.2 Å². The number of halogens is 2. The van der Waals surface area contributed by atoms with Gasteiger partial charge in [-0.25, -0.2) is 9.78 Å². The number of hydrogen-bond acceptors (Lipinski definition) is 4. The van der Waals surface area contributed by atoms with Crippen LogP contribution in [0.1, 0.15) is 24.6 Å². The molecule has 29 heavy (non-hydrogen) atoms. The molecule has 8 heteroatoms. The molecule has 148 valence electrons. The van der Waals surface area contributed by atoms with Gasteiger partial charge in [-0.2, -0.15) is 0 Å². The monoisotopic (exact) mass is 429 g/mol. The van der Waals surface area contributed by atoms with Gasteiger partial charge in [0.1, 0.15) is 11.8 Å². The van der Waals surface area contributed by atoms with Crippen LogP contribution in [-0.4, -0.2) is 21.8 Å². The first-order valence-corrected chi connectivity index (χ1v) is 9.79. The number of imide groups is 1. The molecule has 1 unspecified atom stereocenters. The molecule has 0 saturated carbocycles.